The van der Waals surface area contributed by atoms with Gasteiger partial charge in [-0.15, -0.1) is 0 Å². The van der Waals surface area contributed by atoms with Crippen LogP contribution in [0.2, 0.25) is 0 Å². The van der Waals surface area contributed by atoms with E-state index in [4.69, 9.17) is 0 Å². The maximum absolute atomic E-state index is 12.4. The third-order valence-corrected chi connectivity index (χ3v) is 1.31. The predicted molar refractivity (Wildman–Crippen MR) is 38.0 cm³/mol. The molecule has 0 fully saturated rings. The molecule has 9 heavy (non-hydrogen) atoms. The molecular weight excluding hydrogens is 117 g/mol. The molecule has 56 valence electrons. The van der Waals surface area contributed by atoms with Crippen LogP contribution in [0, 0.1) is 5.92 Å². The summed E-state index contributed by atoms with van der Waals surface area (Å²) < 4.78 is 12.4. The van der Waals surface area contributed by atoms with Crippen molar-refractivity contribution in [1.29, 1.82) is 0 Å². The number of rotatable bonds is 4. The molecule has 0 rings (SSSR count). The van der Waals surface area contributed by atoms with E-state index in [1.54, 1.807) is 7.05 Å². The van der Waals surface area contributed by atoms with Crippen LogP contribution < -0.4 is 5.32 Å². The molecule has 0 spiro atoms. The van der Waals surface area contributed by atoms with Crippen molar-refractivity contribution in [2.75, 3.05) is 7.05 Å². The van der Waals surface area contributed by atoms with Gasteiger partial charge in [-0.1, -0.05) is 13.8 Å². The largest absolute Gasteiger partial charge is 0.291 e. The first kappa shape index (κ1) is 8.89. The van der Waals surface area contributed by atoms with E-state index >= 15 is 0 Å². The van der Waals surface area contributed by atoms with Crippen LogP contribution in [0.4, 0.5) is 4.39 Å². The summed E-state index contributed by atoms with van der Waals surface area (Å²) in [7, 11) is 1.64. The summed E-state index contributed by atoms with van der Waals surface area (Å²) in [6.45, 7) is 4.20. The molecule has 0 aliphatic carbocycles. The standard InChI is InChI=1S/C7H16FN/c1-6(2)4-5-7(8)9-3/h6-7,9H,4-5H2,1-3H3. The van der Waals surface area contributed by atoms with E-state index in [1.165, 1.54) is 0 Å². The van der Waals surface area contributed by atoms with Gasteiger partial charge in [0.1, 0.15) is 0 Å². The molecule has 2 heteroatoms. The van der Waals surface area contributed by atoms with Gasteiger partial charge < -0.3 is 0 Å². The fraction of sp³-hybridized carbons (Fsp3) is 1.00. The summed E-state index contributed by atoms with van der Waals surface area (Å²) >= 11 is 0. The van der Waals surface area contributed by atoms with Crippen LogP contribution in [0.5, 0.6) is 0 Å². The first-order valence-electron chi connectivity index (χ1n) is 3.48. The third kappa shape index (κ3) is 5.77. The highest BCUT2D eigenvalue weighted by atomic mass is 19.1. The molecule has 0 aromatic carbocycles. The van der Waals surface area contributed by atoms with Crippen molar-refractivity contribution in [2.45, 2.75) is 33.0 Å². The van der Waals surface area contributed by atoms with Gasteiger partial charge in [0, 0.05) is 0 Å². The Bertz CT molecular complexity index is 63.9. The molecule has 1 atom stereocenters. The molecular formula is C7H16FN. The Labute approximate surface area is 56.6 Å². The normalized spacial score (nSPS) is 14.3. The monoisotopic (exact) mass is 133 g/mol. The average molecular weight is 133 g/mol. The molecule has 0 heterocycles. The summed E-state index contributed by atoms with van der Waals surface area (Å²) in [5, 5.41) is 2.55. The van der Waals surface area contributed by atoms with E-state index in [-0.39, 0.29) is 0 Å². The topological polar surface area (TPSA) is 12.0 Å². The van der Waals surface area contributed by atoms with E-state index in [2.05, 4.69) is 19.2 Å². The van der Waals surface area contributed by atoms with Crippen LogP contribution >= 0.6 is 0 Å². The molecule has 0 radical (unpaired) electrons. The van der Waals surface area contributed by atoms with Gasteiger partial charge in [-0.25, -0.2) is 4.39 Å². The van der Waals surface area contributed by atoms with Gasteiger partial charge in [0.15, 0.2) is 6.30 Å². The molecule has 0 bridgehead atoms. The summed E-state index contributed by atoms with van der Waals surface area (Å²) in [6.07, 6.45) is 0.781. The predicted octanol–water partition coefficient (Wildman–Crippen LogP) is 1.94. The zero-order valence-corrected chi connectivity index (χ0v) is 6.45. The first-order chi connectivity index (χ1) is 4.16. The van der Waals surface area contributed by atoms with Crippen molar-refractivity contribution in [3.8, 4) is 0 Å². The van der Waals surface area contributed by atoms with Crippen molar-refractivity contribution in [1.82, 2.24) is 5.32 Å². The molecule has 0 aliphatic heterocycles. The second-order valence-electron chi connectivity index (χ2n) is 2.73. The highest BCUT2D eigenvalue weighted by molar-refractivity contribution is 4.52. The maximum Gasteiger partial charge on any atom is 0.150 e. The van der Waals surface area contributed by atoms with E-state index < -0.39 is 6.30 Å². The van der Waals surface area contributed by atoms with Gasteiger partial charge in [-0.3, -0.25) is 5.32 Å². The van der Waals surface area contributed by atoms with Gasteiger partial charge in [0.05, 0.1) is 0 Å². The summed E-state index contributed by atoms with van der Waals surface area (Å²) in [6, 6.07) is 0. The van der Waals surface area contributed by atoms with Crippen molar-refractivity contribution >= 4 is 0 Å². The van der Waals surface area contributed by atoms with E-state index in [1.807, 2.05) is 0 Å². The lowest BCUT2D eigenvalue weighted by molar-refractivity contribution is 0.258. The van der Waals surface area contributed by atoms with Gasteiger partial charge in [0.2, 0.25) is 0 Å². The number of alkyl halides is 1. The zero-order valence-electron chi connectivity index (χ0n) is 6.45. The lowest BCUT2D eigenvalue weighted by atomic mass is 10.1. The van der Waals surface area contributed by atoms with Crippen molar-refractivity contribution < 1.29 is 4.39 Å². The molecule has 0 aliphatic rings. The number of hydrogen-bond donors (Lipinski definition) is 1. The molecule has 1 unspecified atom stereocenters. The minimum atomic E-state index is -0.813. The third-order valence-electron chi connectivity index (χ3n) is 1.31. The lowest BCUT2D eigenvalue weighted by Crippen LogP contribution is -2.19. The van der Waals surface area contributed by atoms with E-state index in [0.717, 1.165) is 6.42 Å². The van der Waals surface area contributed by atoms with Crippen LogP contribution in [-0.2, 0) is 0 Å². The molecule has 1 nitrogen and oxygen atoms in total. The fourth-order valence-corrected chi connectivity index (χ4v) is 0.624. The smallest absolute Gasteiger partial charge is 0.150 e. The Balaban J connectivity index is 3.06. The SMILES string of the molecule is CNC(F)CCC(C)C. The minimum absolute atomic E-state index is 0.608. The van der Waals surface area contributed by atoms with Crippen molar-refractivity contribution in [3.05, 3.63) is 0 Å². The molecule has 0 amide bonds. The van der Waals surface area contributed by atoms with Gasteiger partial charge >= 0.3 is 0 Å². The Morgan fingerprint density at radius 2 is 1.89 bits per heavy atom. The van der Waals surface area contributed by atoms with E-state index in [9.17, 15) is 4.39 Å². The van der Waals surface area contributed by atoms with Gasteiger partial charge in [-0.2, -0.15) is 0 Å². The fourth-order valence-electron chi connectivity index (χ4n) is 0.624. The summed E-state index contributed by atoms with van der Waals surface area (Å²) in [5.74, 6) is 0.608. The zero-order chi connectivity index (χ0) is 7.28. The number of hydrogen-bond acceptors (Lipinski definition) is 1. The molecule has 0 aromatic rings. The molecule has 0 aromatic heterocycles. The summed E-state index contributed by atoms with van der Waals surface area (Å²) in [4.78, 5) is 0. The Kier molecular flexibility index (Phi) is 4.68. The number of nitrogens with one attached hydrogen (secondary N) is 1. The van der Waals surface area contributed by atoms with Crippen LogP contribution in [-0.4, -0.2) is 13.3 Å². The van der Waals surface area contributed by atoms with Crippen LogP contribution in [0.1, 0.15) is 26.7 Å². The molecule has 0 saturated heterocycles. The Hall–Kier alpha value is -0.110. The quantitative estimate of drug-likeness (QED) is 0.578. The van der Waals surface area contributed by atoms with Crippen LogP contribution in [0.25, 0.3) is 0 Å². The molecule has 1 N–H and O–H groups in total. The van der Waals surface area contributed by atoms with E-state index in [0.29, 0.717) is 12.3 Å². The maximum atomic E-state index is 12.4. The highest BCUT2D eigenvalue weighted by Crippen LogP contribution is 2.06. The minimum Gasteiger partial charge on any atom is -0.291 e. The Morgan fingerprint density at radius 1 is 1.33 bits per heavy atom. The van der Waals surface area contributed by atoms with Crippen LogP contribution in [0.3, 0.4) is 0 Å². The van der Waals surface area contributed by atoms with Gasteiger partial charge in [-0.05, 0) is 25.8 Å². The Morgan fingerprint density at radius 3 is 2.22 bits per heavy atom. The summed E-state index contributed by atoms with van der Waals surface area (Å²) in [5.41, 5.74) is 0. The molecule has 0 saturated carbocycles. The van der Waals surface area contributed by atoms with Crippen molar-refractivity contribution in [2.24, 2.45) is 5.92 Å². The number of halogens is 1. The second-order valence-corrected chi connectivity index (χ2v) is 2.73. The highest BCUT2D eigenvalue weighted by Gasteiger charge is 2.02. The van der Waals surface area contributed by atoms with Crippen molar-refractivity contribution in [3.63, 3.8) is 0 Å². The average Bonchev–Trinajstić information content (AvgIpc) is 1.83. The lowest BCUT2D eigenvalue weighted by Gasteiger charge is -2.07. The first-order valence-corrected chi connectivity index (χ1v) is 3.48. The second kappa shape index (κ2) is 4.74. The van der Waals surface area contributed by atoms with Crippen LogP contribution in [0.15, 0.2) is 0 Å². The van der Waals surface area contributed by atoms with Gasteiger partial charge in [0.25, 0.3) is 0 Å².